The van der Waals surface area contributed by atoms with E-state index < -0.39 is 0 Å². The van der Waals surface area contributed by atoms with E-state index >= 15 is 0 Å². The summed E-state index contributed by atoms with van der Waals surface area (Å²) in [5, 5.41) is 4.16. The molecule has 3 aromatic rings. The van der Waals surface area contributed by atoms with Gasteiger partial charge in [0.15, 0.2) is 0 Å². The van der Waals surface area contributed by atoms with Gasteiger partial charge in [-0.25, -0.2) is 0 Å². The van der Waals surface area contributed by atoms with Crippen molar-refractivity contribution < 1.29 is 14.1 Å². The second-order valence-electron chi connectivity index (χ2n) is 9.45. The normalized spacial score (nSPS) is 16.6. The Hall–Kier alpha value is -3.15. The highest BCUT2D eigenvalue weighted by molar-refractivity contribution is 5.79. The van der Waals surface area contributed by atoms with Crippen LogP contribution in [0.5, 0.6) is 5.75 Å². The van der Waals surface area contributed by atoms with Crippen LogP contribution < -0.4 is 4.74 Å². The summed E-state index contributed by atoms with van der Waals surface area (Å²) in [6.07, 6.45) is 1.37. The Kier molecular flexibility index (Phi) is 6.31. The maximum Gasteiger partial charge on any atom is 0.232 e. The molecule has 1 fully saturated rings. The van der Waals surface area contributed by atoms with Crippen LogP contribution in [0.2, 0.25) is 0 Å². The number of aromatic nitrogens is 2. The minimum absolute atomic E-state index is 0.0789. The van der Waals surface area contributed by atoms with Gasteiger partial charge in [-0.3, -0.25) is 4.79 Å². The molecule has 32 heavy (non-hydrogen) atoms. The van der Waals surface area contributed by atoms with Gasteiger partial charge in [-0.05, 0) is 35.1 Å². The summed E-state index contributed by atoms with van der Waals surface area (Å²) in [5.41, 5.74) is 3.34. The summed E-state index contributed by atoms with van der Waals surface area (Å²) in [6.45, 7) is 10.5. The second kappa shape index (κ2) is 9.15. The Bertz CT molecular complexity index is 1050. The van der Waals surface area contributed by atoms with E-state index in [0.717, 1.165) is 23.3 Å². The molecule has 0 radical (unpaired) electrons. The maximum absolute atomic E-state index is 12.6. The number of carbonyl (C=O) groups is 1. The Morgan fingerprint density at radius 3 is 2.47 bits per heavy atom. The molecule has 0 spiro atoms. The summed E-state index contributed by atoms with van der Waals surface area (Å²) < 4.78 is 11.2. The quantitative estimate of drug-likeness (QED) is 0.503. The van der Waals surface area contributed by atoms with Crippen LogP contribution >= 0.6 is 0 Å². The van der Waals surface area contributed by atoms with Crippen molar-refractivity contribution in [2.45, 2.75) is 58.4 Å². The number of likely N-dealkylation sites (tertiary alicyclic amines) is 1. The van der Waals surface area contributed by atoms with Gasteiger partial charge < -0.3 is 14.2 Å². The third-order valence-corrected chi connectivity index (χ3v) is 5.78. The van der Waals surface area contributed by atoms with Gasteiger partial charge in [0.1, 0.15) is 5.75 Å². The summed E-state index contributed by atoms with van der Waals surface area (Å²) in [7, 11) is 0. The van der Waals surface area contributed by atoms with Gasteiger partial charge in [0.2, 0.25) is 17.6 Å². The minimum atomic E-state index is -0.0789. The van der Waals surface area contributed by atoms with E-state index in [2.05, 4.69) is 50.0 Å². The lowest BCUT2D eigenvalue weighted by molar-refractivity contribution is -0.128. The molecule has 1 atom stereocenters. The molecule has 2 heterocycles. The molecule has 2 aromatic carbocycles. The lowest BCUT2D eigenvalue weighted by Gasteiger charge is -2.18. The van der Waals surface area contributed by atoms with E-state index in [1.165, 1.54) is 5.56 Å². The highest BCUT2D eigenvalue weighted by Gasteiger charge is 2.34. The van der Waals surface area contributed by atoms with Crippen LogP contribution in [0.3, 0.4) is 0 Å². The fraction of sp³-hybridized carbons (Fsp3) is 0.423. The molecule has 6 nitrogen and oxygen atoms in total. The molecule has 6 heteroatoms. The van der Waals surface area contributed by atoms with Gasteiger partial charge in [-0.2, -0.15) is 4.98 Å². The van der Waals surface area contributed by atoms with Crippen molar-refractivity contribution in [3.8, 4) is 17.1 Å². The number of ether oxygens (including phenoxy) is 1. The standard InChI is InChI=1S/C26H31N3O3/c1-5-14-31-22-12-6-18(7-13-22)16-29-17-20(15-23(29)30)25-27-24(28-32-25)19-8-10-21(11-9-19)26(2,3)4/h6-13,20H,5,14-17H2,1-4H3. The SMILES string of the molecule is CCCOc1ccc(CN2CC(c3nc(-c4ccc(C(C)(C)C)cc4)no3)CC2=O)cc1. The van der Waals surface area contributed by atoms with Gasteiger partial charge >= 0.3 is 0 Å². The van der Waals surface area contributed by atoms with Gasteiger partial charge in [0, 0.05) is 25.1 Å². The Morgan fingerprint density at radius 1 is 1.09 bits per heavy atom. The number of carbonyl (C=O) groups excluding carboxylic acids is 1. The predicted octanol–water partition coefficient (Wildman–Crippen LogP) is 5.34. The average Bonchev–Trinajstić information content (AvgIpc) is 3.40. The van der Waals surface area contributed by atoms with Crippen LogP contribution in [0, 0.1) is 0 Å². The van der Waals surface area contributed by atoms with E-state index in [-0.39, 0.29) is 17.2 Å². The summed E-state index contributed by atoms with van der Waals surface area (Å²) >= 11 is 0. The molecule has 1 aromatic heterocycles. The van der Waals surface area contributed by atoms with Crippen LogP contribution in [0.25, 0.3) is 11.4 Å². The number of rotatable bonds is 7. The smallest absolute Gasteiger partial charge is 0.232 e. The maximum atomic E-state index is 12.6. The van der Waals surface area contributed by atoms with Crippen molar-refractivity contribution in [3.63, 3.8) is 0 Å². The zero-order chi connectivity index (χ0) is 22.7. The van der Waals surface area contributed by atoms with Crippen LogP contribution in [-0.4, -0.2) is 34.1 Å². The molecule has 1 saturated heterocycles. The zero-order valence-corrected chi connectivity index (χ0v) is 19.3. The molecule has 1 unspecified atom stereocenters. The number of hydrogen-bond acceptors (Lipinski definition) is 5. The van der Waals surface area contributed by atoms with E-state index in [1.807, 2.05) is 41.3 Å². The zero-order valence-electron chi connectivity index (χ0n) is 19.3. The summed E-state index contributed by atoms with van der Waals surface area (Å²) in [6, 6.07) is 16.2. The number of nitrogens with zero attached hydrogens (tertiary/aromatic N) is 3. The van der Waals surface area contributed by atoms with Crippen LogP contribution in [0.15, 0.2) is 53.1 Å². The lowest BCUT2D eigenvalue weighted by atomic mass is 9.87. The Morgan fingerprint density at radius 2 is 1.81 bits per heavy atom. The van der Waals surface area contributed by atoms with Crippen molar-refractivity contribution in [1.29, 1.82) is 0 Å². The van der Waals surface area contributed by atoms with Gasteiger partial charge in [-0.1, -0.05) is 69.2 Å². The molecule has 0 N–H and O–H groups in total. The Balaban J connectivity index is 1.39. The fourth-order valence-electron chi connectivity index (χ4n) is 3.86. The first-order valence-corrected chi connectivity index (χ1v) is 11.3. The van der Waals surface area contributed by atoms with Crippen molar-refractivity contribution >= 4 is 5.91 Å². The largest absolute Gasteiger partial charge is 0.494 e. The monoisotopic (exact) mass is 433 g/mol. The minimum Gasteiger partial charge on any atom is -0.494 e. The molecule has 168 valence electrons. The molecule has 0 saturated carbocycles. The average molecular weight is 434 g/mol. The number of hydrogen-bond donors (Lipinski definition) is 0. The van der Waals surface area contributed by atoms with Crippen LogP contribution in [0.1, 0.15) is 63.5 Å². The van der Waals surface area contributed by atoms with Crippen LogP contribution in [0.4, 0.5) is 0 Å². The highest BCUT2D eigenvalue weighted by atomic mass is 16.5. The fourth-order valence-corrected chi connectivity index (χ4v) is 3.86. The summed E-state index contributed by atoms with van der Waals surface area (Å²) in [5.74, 6) is 1.98. The molecule has 1 aliphatic rings. The Labute approximate surface area is 189 Å². The van der Waals surface area contributed by atoms with Crippen molar-refractivity contribution in [3.05, 3.63) is 65.5 Å². The first-order chi connectivity index (χ1) is 15.3. The predicted molar refractivity (Wildman–Crippen MR) is 123 cm³/mol. The second-order valence-corrected chi connectivity index (χ2v) is 9.45. The van der Waals surface area contributed by atoms with Gasteiger partial charge in [-0.15, -0.1) is 0 Å². The van der Waals surface area contributed by atoms with Crippen molar-refractivity contribution in [2.75, 3.05) is 13.2 Å². The topological polar surface area (TPSA) is 68.5 Å². The van der Waals surface area contributed by atoms with Gasteiger partial charge in [0.05, 0.1) is 12.5 Å². The first kappa shape index (κ1) is 22.1. The number of benzene rings is 2. The molecular formula is C26H31N3O3. The highest BCUT2D eigenvalue weighted by Crippen LogP contribution is 2.30. The van der Waals surface area contributed by atoms with Crippen molar-refractivity contribution in [1.82, 2.24) is 15.0 Å². The van der Waals surface area contributed by atoms with Crippen molar-refractivity contribution in [2.24, 2.45) is 0 Å². The van der Waals surface area contributed by atoms with Gasteiger partial charge in [0.25, 0.3) is 0 Å². The van der Waals surface area contributed by atoms with E-state index in [4.69, 9.17) is 9.26 Å². The molecule has 0 bridgehead atoms. The molecule has 4 rings (SSSR count). The lowest BCUT2D eigenvalue weighted by Crippen LogP contribution is -2.24. The molecule has 1 amide bonds. The van der Waals surface area contributed by atoms with E-state index in [0.29, 0.717) is 37.8 Å². The third kappa shape index (κ3) is 5.01. The third-order valence-electron chi connectivity index (χ3n) is 5.78. The summed E-state index contributed by atoms with van der Waals surface area (Å²) in [4.78, 5) is 19.0. The molecule has 0 aliphatic carbocycles. The number of amides is 1. The van der Waals surface area contributed by atoms with Crippen LogP contribution in [-0.2, 0) is 16.8 Å². The molecule has 1 aliphatic heterocycles. The first-order valence-electron chi connectivity index (χ1n) is 11.3. The molecular weight excluding hydrogens is 402 g/mol. The van der Waals surface area contributed by atoms with E-state index in [1.54, 1.807) is 0 Å². The van der Waals surface area contributed by atoms with E-state index in [9.17, 15) is 4.79 Å².